The fourth-order valence-electron chi connectivity index (χ4n) is 2.70. The van der Waals surface area contributed by atoms with Crippen LogP contribution in [0.1, 0.15) is 21.5 Å². The summed E-state index contributed by atoms with van der Waals surface area (Å²) in [6.07, 6.45) is 0. The lowest BCUT2D eigenvalue weighted by atomic mass is 10.1. The molecule has 0 aliphatic rings. The molecular weight excluding hydrogens is 449 g/mol. The molecule has 1 N–H and O–H groups in total. The molecule has 30 heavy (non-hydrogen) atoms. The van der Waals surface area contributed by atoms with E-state index in [1.165, 1.54) is 38.2 Å². The van der Waals surface area contributed by atoms with E-state index in [9.17, 15) is 18.0 Å². The molecule has 0 aliphatic carbocycles. The highest BCUT2D eigenvalue weighted by molar-refractivity contribution is 7.89. The molecular formula is C20H23Cl2N3O4S. The predicted octanol–water partition coefficient (Wildman–Crippen LogP) is 3.57. The Morgan fingerprint density at radius 1 is 1.00 bits per heavy atom. The van der Waals surface area contributed by atoms with Crippen LogP contribution in [0.25, 0.3) is 0 Å². The summed E-state index contributed by atoms with van der Waals surface area (Å²) >= 11 is 11.8. The Kier molecular flexibility index (Phi) is 7.52. The fraction of sp³-hybridized carbons (Fsp3) is 0.300. The number of sulfonamides is 1. The number of carbonyl (C=O) groups excluding carboxylic acids is 2. The van der Waals surface area contributed by atoms with E-state index in [0.717, 1.165) is 4.31 Å². The molecule has 0 unspecified atom stereocenters. The average molecular weight is 472 g/mol. The lowest BCUT2D eigenvalue weighted by Gasteiger charge is -2.20. The number of aryl methyl sites for hydroxylation is 1. The van der Waals surface area contributed by atoms with Gasteiger partial charge in [-0.25, -0.2) is 12.7 Å². The number of rotatable bonds is 6. The summed E-state index contributed by atoms with van der Waals surface area (Å²) in [5.41, 5.74) is 1.86. The third-order valence-corrected chi connectivity index (χ3v) is 7.24. The van der Waals surface area contributed by atoms with Crippen LogP contribution in [-0.2, 0) is 14.8 Å². The van der Waals surface area contributed by atoms with Crippen molar-refractivity contribution in [1.82, 2.24) is 9.21 Å². The largest absolute Gasteiger partial charge is 0.332 e. The molecule has 0 radical (unpaired) electrons. The molecule has 0 fully saturated rings. The maximum Gasteiger partial charge on any atom is 0.254 e. The van der Waals surface area contributed by atoms with Crippen molar-refractivity contribution in [3.8, 4) is 0 Å². The number of hydrogen-bond donors (Lipinski definition) is 1. The van der Waals surface area contributed by atoms with Crippen molar-refractivity contribution in [3.63, 3.8) is 0 Å². The third-order valence-electron chi connectivity index (χ3n) is 4.56. The second kappa shape index (κ2) is 9.34. The minimum Gasteiger partial charge on any atom is -0.332 e. The van der Waals surface area contributed by atoms with Crippen molar-refractivity contribution in [1.29, 1.82) is 0 Å². The number of hydrogen-bond acceptors (Lipinski definition) is 4. The topological polar surface area (TPSA) is 86.8 Å². The van der Waals surface area contributed by atoms with E-state index >= 15 is 0 Å². The zero-order valence-electron chi connectivity index (χ0n) is 17.3. The molecule has 0 saturated heterocycles. The molecule has 162 valence electrons. The summed E-state index contributed by atoms with van der Waals surface area (Å²) in [6, 6.07) is 7.60. The molecule has 0 saturated carbocycles. The summed E-state index contributed by atoms with van der Waals surface area (Å²) in [4.78, 5) is 26.4. The van der Waals surface area contributed by atoms with Gasteiger partial charge in [-0.1, -0.05) is 23.2 Å². The highest BCUT2D eigenvalue weighted by atomic mass is 35.5. The van der Waals surface area contributed by atoms with Crippen LogP contribution < -0.4 is 5.32 Å². The Balaban J connectivity index is 2.22. The Labute approximate surface area is 186 Å². The molecule has 2 aromatic carbocycles. The Morgan fingerprint density at radius 3 is 2.20 bits per heavy atom. The molecule has 0 heterocycles. The molecule has 0 atom stereocenters. The monoisotopic (exact) mass is 471 g/mol. The van der Waals surface area contributed by atoms with Crippen molar-refractivity contribution in [2.45, 2.75) is 18.7 Å². The molecule has 2 amide bonds. The first-order chi connectivity index (χ1) is 13.8. The zero-order chi connectivity index (χ0) is 22.8. The van der Waals surface area contributed by atoms with E-state index in [1.54, 1.807) is 32.0 Å². The van der Waals surface area contributed by atoms with E-state index in [4.69, 9.17) is 23.2 Å². The summed E-state index contributed by atoms with van der Waals surface area (Å²) < 4.78 is 26.3. The van der Waals surface area contributed by atoms with Gasteiger partial charge in [0.2, 0.25) is 15.9 Å². The van der Waals surface area contributed by atoms with Gasteiger partial charge < -0.3 is 10.2 Å². The van der Waals surface area contributed by atoms with Gasteiger partial charge in [0.1, 0.15) is 0 Å². The van der Waals surface area contributed by atoms with Crippen molar-refractivity contribution in [2.24, 2.45) is 0 Å². The standard InChI is InChI=1S/C20H23Cl2N3O4S/c1-12-8-14(9-18(13(12)2)30(28,29)24(3)4)20(27)25(5)11-19(26)23-15-6-7-16(21)17(22)10-15/h6-10H,11H2,1-5H3,(H,23,26). The van der Waals surface area contributed by atoms with Crippen LogP contribution in [0.4, 0.5) is 5.69 Å². The fourth-order valence-corrected chi connectivity index (χ4v) is 4.21. The van der Waals surface area contributed by atoms with Crippen LogP contribution in [0.5, 0.6) is 0 Å². The number of nitrogens with zero attached hydrogens (tertiary/aromatic N) is 2. The van der Waals surface area contributed by atoms with Crippen LogP contribution in [0.15, 0.2) is 35.2 Å². The molecule has 0 aliphatic heterocycles. The van der Waals surface area contributed by atoms with Crippen molar-refractivity contribution in [2.75, 3.05) is 33.0 Å². The van der Waals surface area contributed by atoms with Gasteiger partial charge in [0.25, 0.3) is 5.91 Å². The highest BCUT2D eigenvalue weighted by Crippen LogP contribution is 2.25. The number of benzene rings is 2. The number of likely N-dealkylation sites (N-methyl/N-ethyl adjacent to an activating group) is 1. The van der Waals surface area contributed by atoms with Gasteiger partial charge in [-0.3, -0.25) is 9.59 Å². The molecule has 2 aromatic rings. The van der Waals surface area contributed by atoms with Gasteiger partial charge in [-0.15, -0.1) is 0 Å². The minimum atomic E-state index is -3.72. The maximum absolute atomic E-state index is 12.8. The Bertz CT molecular complexity index is 1100. The SMILES string of the molecule is Cc1cc(C(=O)N(C)CC(=O)Nc2ccc(Cl)c(Cl)c2)cc(S(=O)(=O)N(C)C)c1C. The lowest BCUT2D eigenvalue weighted by Crippen LogP contribution is -2.35. The normalized spacial score (nSPS) is 11.5. The number of amides is 2. The van der Waals surface area contributed by atoms with Crippen LogP contribution >= 0.6 is 23.2 Å². The second-order valence-corrected chi connectivity index (χ2v) is 9.98. The minimum absolute atomic E-state index is 0.0597. The van der Waals surface area contributed by atoms with Gasteiger partial charge in [0.05, 0.1) is 21.5 Å². The summed E-state index contributed by atoms with van der Waals surface area (Å²) in [5, 5.41) is 3.30. The smallest absolute Gasteiger partial charge is 0.254 e. The quantitative estimate of drug-likeness (QED) is 0.697. The highest BCUT2D eigenvalue weighted by Gasteiger charge is 2.24. The summed E-state index contributed by atoms with van der Waals surface area (Å²) in [6.45, 7) is 3.19. The Morgan fingerprint density at radius 2 is 1.63 bits per heavy atom. The average Bonchev–Trinajstić information content (AvgIpc) is 2.65. The van der Waals surface area contributed by atoms with E-state index in [-0.39, 0.29) is 17.0 Å². The van der Waals surface area contributed by atoms with Crippen LogP contribution in [0.2, 0.25) is 10.0 Å². The molecule has 2 rings (SSSR count). The van der Waals surface area contributed by atoms with Gasteiger partial charge in [0, 0.05) is 32.4 Å². The first kappa shape index (κ1) is 24.1. The van der Waals surface area contributed by atoms with Gasteiger partial charge in [-0.2, -0.15) is 0 Å². The van der Waals surface area contributed by atoms with Crippen LogP contribution in [-0.4, -0.2) is 57.1 Å². The van der Waals surface area contributed by atoms with Crippen molar-refractivity contribution < 1.29 is 18.0 Å². The number of anilines is 1. The lowest BCUT2D eigenvalue weighted by molar-refractivity contribution is -0.116. The number of nitrogens with one attached hydrogen (secondary N) is 1. The summed E-state index contributed by atoms with van der Waals surface area (Å²) in [7, 11) is 0.599. The van der Waals surface area contributed by atoms with Gasteiger partial charge in [0.15, 0.2) is 0 Å². The molecule has 10 heteroatoms. The third kappa shape index (κ3) is 5.31. The van der Waals surface area contributed by atoms with Gasteiger partial charge in [-0.05, 0) is 55.3 Å². The summed E-state index contributed by atoms with van der Waals surface area (Å²) in [5.74, 6) is -0.910. The first-order valence-electron chi connectivity index (χ1n) is 8.88. The molecule has 7 nitrogen and oxygen atoms in total. The van der Waals surface area contributed by atoms with Gasteiger partial charge >= 0.3 is 0 Å². The number of halogens is 2. The van der Waals surface area contributed by atoms with E-state index in [2.05, 4.69) is 5.32 Å². The number of carbonyl (C=O) groups is 2. The van der Waals surface area contributed by atoms with Crippen LogP contribution in [0.3, 0.4) is 0 Å². The zero-order valence-corrected chi connectivity index (χ0v) is 19.6. The van der Waals surface area contributed by atoms with Crippen molar-refractivity contribution >= 4 is 50.7 Å². The molecule has 0 bridgehead atoms. The van der Waals surface area contributed by atoms with E-state index < -0.39 is 21.8 Å². The molecule has 0 aromatic heterocycles. The van der Waals surface area contributed by atoms with Crippen LogP contribution in [0, 0.1) is 13.8 Å². The first-order valence-corrected chi connectivity index (χ1v) is 11.1. The maximum atomic E-state index is 12.8. The van der Waals surface area contributed by atoms with Crippen molar-refractivity contribution in [3.05, 3.63) is 57.1 Å². The predicted molar refractivity (Wildman–Crippen MR) is 119 cm³/mol. The van der Waals surface area contributed by atoms with E-state index in [0.29, 0.717) is 26.9 Å². The Hall–Kier alpha value is -2.13. The van der Waals surface area contributed by atoms with E-state index in [1.807, 2.05) is 0 Å². The molecule has 0 spiro atoms. The second-order valence-electron chi connectivity index (χ2n) is 7.04.